The Morgan fingerprint density at radius 3 is 2.37 bits per heavy atom. The number of primary amides is 1. The van der Waals surface area contributed by atoms with Crippen molar-refractivity contribution >= 4 is 17.2 Å². The molecular formula is C25H22N2O3. The summed E-state index contributed by atoms with van der Waals surface area (Å²) in [7, 11) is 0. The Kier molecular flexibility index (Phi) is 5.11. The molecule has 0 unspecified atom stereocenters. The SMILES string of the molecule is CCc1c(C(=O)C(N)=O)c2c(O)cccn2c1Cc1ccccc1-c1ccccc1. The summed E-state index contributed by atoms with van der Waals surface area (Å²) in [6.45, 7) is 1.93. The maximum atomic E-state index is 12.6. The number of fused-ring (bicyclic) bond motifs is 1. The van der Waals surface area contributed by atoms with E-state index < -0.39 is 11.7 Å². The van der Waals surface area contributed by atoms with Crippen LogP contribution in [-0.2, 0) is 17.6 Å². The minimum Gasteiger partial charge on any atom is -0.506 e. The van der Waals surface area contributed by atoms with Gasteiger partial charge in [-0.25, -0.2) is 0 Å². The van der Waals surface area contributed by atoms with Gasteiger partial charge < -0.3 is 15.2 Å². The summed E-state index contributed by atoms with van der Waals surface area (Å²) < 4.78 is 1.80. The van der Waals surface area contributed by atoms with Gasteiger partial charge in [0.2, 0.25) is 0 Å². The van der Waals surface area contributed by atoms with E-state index in [2.05, 4.69) is 24.3 Å². The van der Waals surface area contributed by atoms with Crippen molar-refractivity contribution in [2.45, 2.75) is 19.8 Å². The molecule has 5 heteroatoms. The first-order chi connectivity index (χ1) is 14.5. The third-order valence-corrected chi connectivity index (χ3v) is 5.41. The average molecular weight is 398 g/mol. The van der Waals surface area contributed by atoms with Gasteiger partial charge in [-0.2, -0.15) is 0 Å². The Morgan fingerprint density at radius 1 is 0.967 bits per heavy atom. The van der Waals surface area contributed by atoms with Gasteiger partial charge >= 0.3 is 0 Å². The highest BCUT2D eigenvalue weighted by Gasteiger charge is 2.27. The molecule has 0 saturated heterocycles. The summed E-state index contributed by atoms with van der Waals surface area (Å²) >= 11 is 0. The molecule has 0 bridgehead atoms. The molecule has 2 aromatic heterocycles. The molecular weight excluding hydrogens is 376 g/mol. The Bertz CT molecular complexity index is 1260. The molecule has 4 aromatic rings. The number of aromatic nitrogens is 1. The van der Waals surface area contributed by atoms with Crippen molar-refractivity contribution in [3.63, 3.8) is 0 Å². The number of amides is 1. The van der Waals surface area contributed by atoms with Crippen molar-refractivity contribution < 1.29 is 14.7 Å². The fraction of sp³-hybridized carbons (Fsp3) is 0.120. The first-order valence-electron chi connectivity index (χ1n) is 9.84. The number of pyridine rings is 1. The molecule has 0 aliphatic rings. The van der Waals surface area contributed by atoms with Crippen LogP contribution in [0.3, 0.4) is 0 Å². The predicted octanol–water partition coefficient (Wildman–Crippen LogP) is 4.13. The van der Waals surface area contributed by atoms with E-state index in [1.54, 1.807) is 16.7 Å². The van der Waals surface area contributed by atoms with Crippen LogP contribution < -0.4 is 5.73 Å². The number of carbonyl (C=O) groups excluding carboxylic acids is 2. The largest absolute Gasteiger partial charge is 0.506 e. The van der Waals surface area contributed by atoms with Crippen molar-refractivity contribution in [1.82, 2.24) is 4.40 Å². The van der Waals surface area contributed by atoms with Gasteiger partial charge in [-0.15, -0.1) is 0 Å². The summed E-state index contributed by atoms with van der Waals surface area (Å²) in [5, 5.41) is 10.5. The quantitative estimate of drug-likeness (QED) is 0.378. The third kappa shape index (κ3) is 3.24. The zero-order valence-corrected chi connectivity index (χ0v) is 16.6. The molecule has 4 rings (SSSR count). The molecule has 0 fully saturated rings. The minimum atomic E-state index is -1.03. The van der Waals surface area contributed by atoms with Gasteiger partial charge in [0.05, 0.1) is 11.1 Å². The van der Waals surface area contributed by atoms with Crippen LogP contribution >= 0.6 is 0 Å². The summed E-state index contributed by atoms with van der Waals surface area (Å²) in [5.74, 6) is -1.87. The molecule has 5 nitrogen and oxygen atoms in total. The molecule has 0 atom stereocenters. The smallest absolute Gasteiger partial charge is 0.289 e. The maximum Gasteiger partial charge on any atom is 0.289 e. The van der Waals surface area contributed by atoms with Crippen LogP contribution in [0.5, 0.6) is 5.75 Å². The van der Waals surface area contributed by atoms with E-state index in [9.17, 15) is 14.7 Å². The van der Waals surface area contributed by atoms with Gasteiger partial charge in [-0.3, -0.25) is 9.59 Å². The second kappa shape index (κ2) is 7.87. The van der Waals surface area contributed by atoms with Crippen LogP contribution in [-0.4, -0.2) is 21.2 Å². The van der Waals surface area contributed by atoms with Gasteiger partial charge in [-0.1, -0.05) is 61.5 Å². The number of hydrogen-bond acceptors (Lipinski definition) is 3. The lowest BCUT2D eigenvalue weighted by Gasteiger charge is -2.12. The van der Waals surface area contributed by atoms with Gasteiger partial charge in [0.25, 0.3) is 11.7 Å². The van der Waals surface area contributed by atoms with Crippen LogP contribution in [0.2, 0.25) is 0 Å². The van der Waals surface area contributed by atoms with Crippen LogP contribution in [0, 0.1) is 0 Å². The summed E-state index contributed by atoms with van der Waals surface area (Å²) in [4.78, 5) is 24.4. The molecule has 0 saturated carbocycles. The first-order valence-corrected chi connectivity index (χ1v) is 9.84. The molecule has 0 spiro atoms. The van der Waals surface area contributed by atoms with Crippen LogP contribution in [0.15, 0.2) is 72.9 Å². The molecule has 0 radical (unpaired) electrons. The van der Waals surface area contributed by atoms with Gasteiger partial charge in [0.15, 0.2) is 0 Å². The fourth-order valence-corrected chi connectivity index (χ4v) is 4.10. The second-order valence-electron chi connectivity index (χ2n) is 7.16. The molecule has 0 aliphatic heterocycles. The summed E-state index contributed by atoms with van der Waals surface area (Å²) in [6.07, 6.45) is 2.86. The van der Waals surface area contributed by atoms with Crippen molar-refractivity contribution in [2.24, 2.45) is 5.73 Å². The Morgan fingerprint density at radius 2 is 1.67 bits per heavy atom. The standard InChI is InChI=1S/C25H22N2O3/c1-2-18-20(15-17-11-6-7-12-19(17)16-9-4-3-5-10-16)27-14-8-13-21(28)23(27)22(18)24(29)25(26)30/h3-14,28H,2,15H2,1H3,(H2,26,30). The topological polar surface area (TPSA) is 84.8 Å². The van der Waals surface area contributed by atoms with Crippen molar-refractivity contribution in [3.8, 4) is 16.9 Å². The van der Waals surface area contributed by atoms with E-state index in [4.69, 9.17) is 5.73 Å². The van der Waals surface area contributed by atoms with Crippen molar-refractivity contribution in [2.75, 3.05) is 0 Å². The Labute approximate surface area is 174 Å². The van der Waals surface area contributed by atoms with Crippen molar-refractivity contribution in [1.29, 1.82) is 0 Å². The first kappa shape index (κ1) is 19.5. The highest BCUT2D eigenvalue weighted by Crippen LogP contribution is 2.34. The number of nitrogens with two attached hydrogens (primary N) is 1. The molecule has 2 aromatic carbocycles. The van der Waals surface area contributed by atoms with E-state index in [0.717, 1.165) is 27.9 Å². The lowest BCUT2D eigenvalue weighted by Crippen LogP contribution is -2.24. The number of carbonyl (C=O) groups is 2. The third-order valence-electron chi connectivity index (χ3n) is 5.41. The fourth-order valence-electron chi connectivity index (χ4n) is 4.10. The van der Waals surface area contributed by atoms with Crippen LogP contribution in [0.25, 0.3) is 16.6 Å². The van der Waals surface area contributed by atoms with Crippen LogP contribution in [0.4, 0.5) is 0 Å². The highest BCUT2D eigenvalue weighted by molar-refractivity contribution is 6.44. The van der Waals surface area contributed by atoms with E-state index in [-0.39, 0.29) is 11.3 Å². The molecule has 2 heterocycles. The number of nitrogens with zero attached hydrogens (tertiary/aromatic N) is 1. The Balaban J connectivity index is 1.95. The second-order valence-corrected chi connectivity index (χ2v) is 7.16. The van der Waals surface area contributed by atoms with E-state index in [0.29, 0.717) is 18.4 Å². The van der Waals surface area contributed by atoms with E-state index in [1.807, 2.05) is 37.3 Å². The average Bonchev–Trinajstić information content (AvgIpc) is 3.08. The number of ketones is 1. The maximum absolute atomic E-state index is 12.6. The van der Waals surface area contributed by atoms with E-state index in [1.165, 1.54) is 6.07 Å². The normalized spacial score (nSPS) is 11.0. The lowest BCUT2D eigenvalue weighted by molar-refractivity contribution is -0.114. The molecule has 30 heavy (non-hydrogen) atoms. The van der Waals surface area contributed by atoms with Gasteiger partial charge in [0.1, 0.15) is 5.75 Å². The number of rotatable bonds is 6. The summed E-state index contributed by atoms with van der Waals surface area (Å²) in [6, 6.07) is 21.4. The number of benzene rings is 2. The summed E-state index contributed by atoms with van der Waals surface area (Å²) in [5.41, 5.74) is 10.7. The molecule has 3 N–H and O–H groups in total. The zero-order chi connectivity index (χ0) is 21.3. The van der Waals surface area contributed by atoms with E-state index >= 15 is 0 Å². The number of hydrogen-bond donors (Lipinski definition) is 2. The van der Waals surface area contributed by atoms with Crippen LogP contribution in [0.1, 0.15) is 34.1 Å². The molecule has 0 aliphatic carbocycles. The number of aromatic hydroxyl groups is 1. The monoisotopic (exact) mass is 398 g/mol. The highest BCUT2D eigenvalue weighted by atomic mass is 16.3. The van der Waals surface area contributed by atoms with Crippen molar-refractivity contribution in [3.05, 3.63) is 95.3 Å². The zero-order valence-electron chi connectivity index (χ0n) is 16.6. The molecule has 150 valence electrons. The van der Waals surface area contributed by atoms with Gasteiger partial charge in [0, 0.05) is 18.3 Å². The minimum absolute atomic E-state index is 0.0561. The lowest BCUT2D eigenvalue weighted by atomic mass is 9.94. The number of Topliss-reactive ketones (excluding diaryl/α,β-unsaturated/α-hetero) is 1. The molecule has 1 amide bonds. The van der Waals surface area contributed by atoms with Gasteiger partial charge in [-0.05, 0) is 40.8 Å². The Hall–Kier alpha value is -3.86. The predicted molar refractivity (Wildman–Crippen MR) is 117 cm³/mol.